The minimum absolute atomic E-state index is 0.0622. The summed E-state index contributed by atoms with van der Waals surface area (Å²) in [6, 6.07) is 8.46. The van der Waals surface area contributed by atoms with E-state index in [4.69, 9.17) is 0 Å². The summed E-state index contributed by atoms with van der Waals surface area (Å²) in [5, 5.41) is 13.7. The van der Waals surface area contributed by atoms with Gasteiger partial charge in [0.1, 0.15) is 23.9 Å². The second-order valence-corrected chi connectivity index (χ2v) is 4.84. The molecule has 0 saturated heterocycles. The molecule has 0 bridgehead atoms. The van der Waals surface area contributed by atoms with Gasteiger partial charge in [0.2, 0.25) is 0 Å². The molecule has 1 aromatic carbocycles. The summed E-state index contributed by atoms with van der Waals surface area (Å²) >= 11 is 0. The highest BCUT2D eigenvalue weighted by molar-refractivity contribution is 5.33. The molecular formula is C14H15FN4. The first kappa shape index (κ1) is 13.2. The van der Waals surface area contributed by atoms with Gasteiger partial charge in [-0.2, -0.15) is 10.4 Å². The number of nitriles is 1. The normalized spacial score (nSPS) is 14.1. The Morgan fingerprint density at radius 1 is 1.37 bits per heavy atom. The lowest BCUT2D eigenvalue weighted by molar-refractivity contribution is 0.327. The van der Waals surface area contributed by atoms with E-state index in [1.807, 2.05) is 13.8 Å². The molecule has 0 aliphatic heterocycles. The molecule has 4 nitrogen and oxygen atoms in total. The van der Waals surface area contributed by atoms with Crippen LogP contribution in [0.2, 0.25) is 0 Å². The number of rotatable bonds is 4. The van der Waals surface area contributed by atoms with E-state index in [-0.39, 0.29) is 11.7 Å². The Bertz CT molecular complexity index is 568. The first-order valence-electron chi connectivity index (χ1n) is 6.08. The van der Waals surface area contributed by atoms with Crippen LogP contribution in [0.4, 0.5) is 4.39 Å². The van der Waals surface area contributed by atoms with Crippen LogP contribution in [0.15, 0.2) is 36.9 Å². The Balaban J connectivity index is 2.45. The van der Waals surface area contributed by atoms with Crippen molar-refractivity contribution in [3.63, 3.8) is 0 Å². The predicted molar refractivity (Wildman–Crippen MR) is 68.6 cm³/mol. The van der Waals surface area contributed by atoms with E-state index in [0.717, 1.165) is 5.56 Å². The zero-order valence-electron chi connectivity index (χ0n) is 10.9. The minimum Gasteiger partial charge on any atom is -0.251 e. The third-order valence-corrected chi connectivity index (χ3v) is 3.42. The quantitative estimate of drug-likeness (QED) is 0.846. The molecule has 0 saturated carbocycles. The number of benzene rings is 1. The van der Waals surface area contributed by atoms with Crippen LogP contribution < -0.4 is 0 Å². The van der Waals surface area contributed by atoms with Gasteiger partial charge < -0.3 is 0 Å². The average molecular weight is 258 g/mol. The zero-order valence-corrected chi connectivity index (χ0v) is 10.9. The highest BCUT2D eigenvalue weighted by Crippen LogP contribution is 2.33. The SMILES string of the molecule is CC(C)C(C#N)(Cn1cncn1)c1ccc(F)cc1. The summed E-state index contributed by atoms with van der Waals surface area (Å²) in [5.74, 6) is -0.243. The van der Waals surface area contributed by atoms with Crippen LogP contribution in [0, 0.1) is 23.1 Å². The molecular weight excluding hydrogens is 243 g/mol. The summed E-state index contributed by atoms with van der Waals surface area (Å²) in [7, 11) is 0. The molecule has 19 heavy (non-hydrogen) atoms. The maximum absolute atomic E-state index is 13.0. The van der Waals surface area contributed by atoms with E-state index in [9.17, 15) is 9.65 Å². The molecule has 0 spiro atoms. The van der Waals surface area contributed by atoms with Gasteiger partial charge in [0, 0.05) is 0 Å². The molecule has 0 fully saturated rings. The van der Waals surface area contributed by atoms with Crippen LogP contribution in [0.3, 0.4) is 0 Å². The molecule has 1 heterocycles. The largest absolute Gasteiger partial charge is 0.251 e. The maximum Gasteiger partial charge on any atom is 0.137 e. The standard InChI is InChI=1S/C14H15FN4/c1-11(2)14(7-16,8-19-10-17-9-18-19)12-3-5-13(15)6-4-12/h3-6,9-11H,8H2,1-2H3. The molecule has 1 aromatic heterocycles. The smallest absolute Gasteiger partial charge is 0.137 e. The fourth-order valence-electron chi connectivity index (χ4n) is 2.15. The lowest BCUT2D eigenvalue weighted by Crippen LogP contribution is -2.36. The molecule has 1 unspecified atom stereocenters. The van der Waals surface area contributed by atoms with E-state index in [1.165, 1.54) is 18.5 Å². The third kappa shape index (κ3) is 2.48. The second kappa shape index (κ2) is 5.19. The first-order chi connectivity index (χ1) is 9.08. The topological polar surface area (TPSA) is 54.5 Å². The molecule has 0 aliphatic carbocycles. The van der Waals surface area contributed by atoms with Crippen molar-refractivity contribution < 1.29 is 4.39 Å². The fourth-order valence-corrected chi connectivity index (χ4v) is 2.15. The summed E-state index contributed by atoms with van der Waals surface area (Å²) in [6.45, 7) is 4.35. The summed E-state index contributed by atoms with van der Waals surface area (Å²) in [4.78, 5) is 3.89. The van der Waals surface area contributed by atoms with Gasteiger partial charge >= 0.3 is 0 Å². The molecule has 2 rings (SSSR count). The molecule has 5 heteroatoms. The summed E-state index contributed by atoms with van der Waals surface area (Å²) in [6.07, 6.45) is 3.02. The van der Waals surface area contributed by atoms with E-state index in [1.54, 1.807) is 23.1 Å². The Morgan fingerprint density at radius 2 is 2.05 bits per heavy atom. The monoisotopic (exact) mass is 258 g/mol. The Kier molecular flexibility index (Phi) is 3.61. The van der Waals surface area contributed by atoms with E-state index in [0.29, 0.717) is 6.54 Å². The molecule has 98 valence electrons. The van der Waals surface area contributed by atoms with Gasteiger partial charge in [0.05, 0.1) is 12.6 Å². The van der Waals surface area contributed by atoms with Gasteiger partial charge in [-0.05, 0) is 23.6 Å². The van der Waals surface area contributed by atoms with Gasteiger partial charge in [-0.1, -0.05) is 26.0 Å². The maximum atomic E-state index is 13.0. The van der Waals surface area contributed by atoms with Crippen molar-refractivity contribution in [2.75, 3.05) is 0 Å². The Hall–Kier alpha value is -2.22. The minimum atomic E-state index is -0.749. The van der Waals surface area contributed by atoms with Gasteiger partial charge in [0.25, 0.3) is 0 Å². The fraction of sp³-hybridized carbons (Fsp3) is 0.357. The van der Waals surface area contributed by atoms with Crippen molar-refractivity contribution >= 4 is 0 Å². The van der Waals surface area contributed by atoms with Crippen molar-refractivity contribution in [2.24, 2.45) is 5.92 Å². The second-order valence-electron chi connectivity index (χ2n) is 4.84. The van der Waals surface area contributed by atoms with Gasteiger partial charge in [-0.15, -0.1) is 0 Å². The van der Waals surface area contributed by atoms with Crippen LogP contribution in [0.1, 0.15) is 19.4 Å². The highest BCUT2D eigenvalue weighted by Gasteiger charge is 2.37. The van der Waals surface area contributed by atoms with E-state index < -0.39 is 5.41 Å². The number of hydrogen-bond donors (Lipinski definition) is 0. The molecule has 0 radical (unpaired) electrons. The first-order valence-corrected chi connectivity index (χ1v) is 6.08. The molecule has 0 N–H and O–H groups in total. The zero-order chi connectivity index (χ0) is 13.9. The van der Waals surface area contributed by atoms with Crippen molar-refractivity contribution in [1.82, 2.24) is 14.8 Å². The van der Waals surface area contributed by atoms with Crippen LogP contribution in [-0.2, 0) is 12.0 Å². The van der Waals surface area contributed by atoms with E-state index >= 15 is 0 Å². The van der Waals surface area contributed by atoms with Crippen LogP contribution in [0.5, 0.6) is 0 Å². The van der Waals surface area contributed by atoms with Gasteiger partial charge in [0.15, 0.2) is 0 Å². The molecule has 1 atom stereocenters. The van der Waals surface area contributed by atoms with Crippen LogP contribution >= 0.6 is 0 Å². The molecule has 0 aliphatic rings. The third-order valence-electron chi connectivity index (χ3n) is 3.42. The Morgan fingerprint density at radius 3 is 2.53 bits per heavy atom. The molecule has 0 amide bonds. The lowest BCUT2D eigenvalue weighted by atomic mass is 9.73. The highest BCUT2D eigenvalue weighted by atomic mass is 19.1. The number of hydrogen-bond acceptors (Lipinski definition) is 3. The predicted octanol–water partition coefficient (Wildman–Crippen LogP) is 2.53. The number of aromatic nitrogens is 3. The van der Waals surface area contributed by atoms with Crippen molar-refractivity contribution in [3.8, 4) is 6.07 Å². The van der Waals surface area contributed by atoms with Crippen molar-refractivity contribution in [1.29, 1.82) is 5.26 Å². The average Bonchev–Trinajstić information content (AvgIpc) is 2.89. The van der Waals surface area contributed by atoms with E-state index in [2.05, 4.69) is 16.2 Å². The number of nitrogens with zero attached hydrogens (tertiary/aromatic N) is 4. The van der Waals surface area contributed by atoms with Crippen molar-refractivity contribution in [3.05, 3.63) is 48.3 Å². The van der Waals surface area contributed by atoms with Gasteiger partial charge in [-0.3, -0.25) is 4.68 Å². The molecule has 2 aromatic rings. The Labute approximate surface area is 111 Å². The van der Waals surface area contributed by atoms with Crippen LogP contribution in [-0.4, -0.2) is 14.8 Å². The summed E-state index contributed by atoms with van der Waals surface area (Å²) < 4.78 is 14.7. The van der Waals surface area contributed by atoms with Crippen LogP contribution in [0.25, 0.3) is 0 Å². The van der Waals surface area contributed by atoms with Gasteiger partial charge in [-0.25, -0.2) is 9.37 Å². The van der Waals surface area contributed by atoms with Crippen molar-refractivity contribution in [2.45, 2.75) is 25.8 Å². The summed E-state index contributed by atoms with van der Waals surface area (Å²) in [5.41, 5.74) is 0.0448. The number of halogens is 1. The lowest BCUT2D eigenvalue weighted by Gasteiger charge is -2.31.